The number of nitrogens with two attached hydrogens (primary N) is 1. The van der Waals surface area contributed by atoms with Gasteiger partial charge in [0.05, 0.1) is 13.2 Å². The molecule has 3 N–H and O–H groups in total. The molecule has 0 spiro atoms. The van der Waals surface area contributed by atoms with Crippen molar-refractivity contribution < 1.29 is 37.6 Å². The SMILES string of the molecule is CC/C=C\C/C=C\C/C=C\C/C=C\C/C=C\C/C=C\C/C=C\C/C=C\C/C=C\CCCCCC(=O)OC(COC(=O)CCCC/C=C\C/C=C\C/C=C\C/C=C\C/C=C\C/C=C\CC)COP(=O)(O)OCCN. The number of hydrogen-bond acceptors (Lipinski definition) is 8. The standard InChI is InChI=1S/C63H96NO8P/c1-3-5-7-9-11-13-15-17-19-21-23-25-26-27-28-29-30-31-32-33-34-36-38-40-42-44-46-48-50-52-54-56-63(66)72-61(60-71-73(67,68)70-58-57-64)59-69-62(65)55-53-51-49-47-45-43-41-39-37-35-24-22-20-18-16-14-12-10-8-6-4-2/h5-8,11-14,17-20,23-25,27-28,30-31,33-35,38-41,44-47,61H,3-4,9-10,15-16,21-22,26,29,32,36-37,42-43,48-60,64H2,1-2H3,(H,67,68)/b7-5-,8-6-,13-11-,14-12-,19-17-,20-18-,25-23-,28-27-,31-30-,34-33-,35-24-,40-38-,41-39-,46-44-,47-45-. The maximum Gasteiger partial charge on any atom is 0.472 e. The molecular weight excluding hydrogens is 930 g/mol. The molecule has 0 aliphatic heterocycles. The Bertz CT molecular complexity index is 1840. The molecule has 0 rings (SSSR count). The van der Waals surface area contributed by atoms with E-state index in [1.165, 1.54) is 0 Å². The summed E-state index contributed by atoms with van der Waals surface area (Å²) in [5.41, 5.74) is 5.37. The minimum absolute atomic E-state index is 0.0298. The molecule has 0 heterocycles. The predicted octanol–water partition coefficient (Wildman–Crippen LogP) is 17.3. The summed E-state index contributed by atoms with van der Waals surface area (Å²) in [5, 5.41) is 0. The Labute approximate surface area is 443 Å². The van der Waals surface area contributed by atoms with E-state index in [1.54, 1.807) is 0 Å². The van der Waals surface area contributed by atoms with Crippen LogP contribution in [0.1, 0.15) is 168 Å². The first-order valence-corrected chi connectivity index (χ1v) is 28.8. The van der Waals surface area contributed by atoms with E-state index in [-0.39, 0.29) is 32.6 Å². The van der Waals surface area contributed by atoms with E-state index in [2.05, 4.69) is 196 Å². The first kappa shape index (κ1) is 68.1. The smallest absolute Gasteiger partial charge is 0.462 e. The van der Waals surface area contributed by atoms with E-state index >= 15 is 0 Å². The summed E-state index contributed by atoms with van der Waals surface area (Å²) in [7, 11) is -4.42. The summed E-state index contributed by atoms with van der Waals surface area (Å²) in [5.74, 6) is -0.938. The number of hydrogen-bond donors (Lipinski definition) is 2. The van der Waals surface area contributed by atoms with Crippen LogP contribution in [0.2, 0.25) is 0 Å². The molecule has 0 bridgehead atoms. The molecule has 406 valence electrons. The van der Waals surface area contributed by atoms with Gasteiger partial charge in [-0.3, -0.25) is 18.6 Å². The van der Waals surface area contributed by atoms with Gasteiger partial charge in [0.2, 0.25) is 0 Å². The molecule has 0 aromatic carbocycles. The molecule has 10 heteroatoms. The maximum absolute atomic E-state index is 12.7. The van der Waals surface area contributed by atoms with Crippen LogP contribution in [-0.2, 0) is 32.7 Å². The molecule has 0 aliphatic carbocycles. The molecule has 0 fully saturated rings. The topological polar surface area (TPSA) is 134 Å². The van der Waals surface area contributed by atoms with Gasteiger partial charge in [-0.2, -0.15) is 0 Å². The van der Waals surface area contributed by atoms with Crippen molar-refractivity contribution >= 4 is 19.8 Å². The third-order valence-electron chi connectivity index (χ3n) is 10.3. The van der Waals surface area contributed by atoms with E-state index in [1.807, 2.05) is 0 Å². The zero-order chi connectivity index (χ0) is 53.1. The summed E-state index contributed by atoms with van der Waals surface area (Å²) in [6.45, 7) is 3.38. The first-order valence-electron chi connectivity index (χ1n) is 27.3. The van der Waals surface area contributed by atoms with Crippen molar-refractivity contribution in [3.63, 3.8) is 0 Å². The third-order valence-corrected chi connectivity index (χ3v) is 11.3. The summed E-state index contributed by atoms with van der Waals surface area (Å²) < 4.78 is 32.9. The van der Waals surface area contributed by atoms with Gasteiger partial charge in [0, 0.05) is 19.4 Å². The molecule has 0 radical (unpaired) electrons. The van der Waals surface area contributed by atoms with Crippen molar-refractivity contribution in [1.82, 2.24) is 0 Å². The van der Waals surface area contributed by atoms with Gasteiger partial charge in [0.1, 0.15) is 6.61 Å². The van der Waals surface area contributed by atoms with E-state index in [0.717, 1.165) is 128 Å². The van der Waals surface area contributed by atoms with E-state index in [4.69, 9.17) is 24.3 Å². The van der Waals surface area contributed by atoms with Crippen LogP contribution in [-0.4, -0.2) is 49.3 Å². The molecule has 0 saturated carbocycles. The lowest BCUT2D eigenvalue weighted by atomic mass is 10.1. The quantitative estimate of drug-likeness (QED) is 0.0264. The van der Waals surface area contributed by atoms with Gasteiger partial charge >= 0.3 is 19.8 Å². The lowest BCUT2D eigenvalue weighted by molar-refractivity contribution is -0.161. The Morgan fingerprint density at radius 2 is 0.712 bits per heavy atom. The van der Waals surface area contributed by atoms with Gasteiger partial charge in [-0.1, -0.05) is 203 Å². The largest absolute Gasteiger partial charge is 0.472 e. The molecule has 0 saturated heterocycles. The maximum atomic E-state index is 12.7. The van der Waals surface area contributed by atoms with Gasteiger partial charge < -0.3 is 20.1 Å². The number of esters is 2. The molecule has 2 atom stereocenters. The van der Waals surface area contributed by atoms with Gasteiger partial charge in [-0.05, 0) is 135 Å². The van der Waals surface area contributed by atoms with Crippen LogP contribution in [0.5, 0.6) is 0 Å². The highest BCUT2D eigenvalue weighted by molar-refractivity contribution is 7.47. The predicted molar refractivity (Wildman–Crippen MR) is 311 cm³/mol. The second kappa shape index (κ2) is 56.4. The van der Waals surface area contributed by atoms with Crippen LogP contribution in [0.3, 0.4) is 0 Å². The number of rotatable bonds is 48. The van der Waals surface area contributed by atoms with Crippen molar-refractivity contribution in [3.8, 4) is 0 Å². The lowest BCUT2D eigenvalue weighted by Crippen LogP contribution is -2.29. The monoisotopic (exact) mass is 1030 g/mol. The van der Waals surface area contributed by atoms with E-state index < -0.39 is 32.5 Å². The number of phosphoric ester groups is 1. The Hall–Kier alpha value is -4.89. The fourth-order valence-corrected chi connectivity index (χ4v) is 7.10. The first-order chi connectivity index (χ1) is 35.8. The summed E-state index contributed by atoms with van der Waals surface area (Å²) in [4.78, 5) is 35.1. The van der Waals surface area contributed by atoms with Crippen molar-refractivity contribution in [2.75, 3.05) is 26.4 Å². The highest BCUT2D eigenvalue weighted by Gasteiger charge is 2.26. The molecule has 2 unspecified atom stereocenters. The van der Waals surface area contributed by atoms with Crippen molar-refractivity contribution in [2.45, 2.75) is 174 Å². The fraction of sp³-hybridized carbons (Fsp3) is 0.492. The average Bonchev–Trinajstić information content (AvgIpc) is 3.38. The van der Waals surface area contributed by atoms with Gasteiger partial charge in [-0.25, -0.2) is 4.57 Å². The highest BCUT2D eigenvalue weighted by Crippen LogP contribution is 2.43. The molecule has 0 aromatic rings. The zero-order valence-electron chi connectivity index (χ0n) is 45.0. The van der Waals surface area contributed by atoms with Gasteiger partial charge in [-0.15, -0.1) is 0 Å². The number of ether oxygens (including phenoxy) is 2. The Kier molecular flexibility index (Phi) is 52.6. The second-order valence-electron chi connectivity index (χ2n) is 17.0. The molecule has 0 amide bonds. The lowest BCUT2D eigenvalue weighted by Gasteiger charge is -2.19. The average molecular weight is 1030 g/mol. The van der Waals surface area contributed by atoms with Gasteiger partial charge in [0.25, 0.3) is 0 Å². The minimum Gasteiger partial charge on any atom is -0.462 e. The zero-order valence-corrected chi connectivity index (χ0v) is 45.9. The van der Waals surface area contributed by atoms with Crippen LogP contribution in [0.4, 0.5) is 0 Å². The van der Waals surface area contributed by atoms with Crippen LogP contribution in [0.25, 0.3) is 0 Å². The van der Waals surface area contributed by atoms with Crippen LogP contribution >= 0.6 is 7.82 Å². The summed E-state index contributed by atoms with van der Waals surface area (Å²) in [6, 6.07) is 0. The number of allylic oxidation sites excluding steroid dienone is 30. The highest BCUT2D eigenvalue weighted by atomic mass is 31.2. The number of carbonyl (C=O) groups excluding carboxylic acids is 2. The number of carbonyl (C=O) groups is 2. The second-order valence-corrected chi connectivity index (χ2v) is 18.4. The van der Waals surface area contributed by atoms with Crippen LogP contribution in [0, 0.1) is 0 Å². The minimum atomic E-state index is -4.42. The summed E-state index contributed by atoms with van der Waals surface area (Å²) >= 11 is 0. The number of unbranched alkanes of at least 4 members (excludes halogenated alkanes) is 5. The Morgan fingerprint density at radius 3 is 1.05 bits per heavy atom. The number of phosphoric acid groups is 1. The van der Waals surface area contributed by atoms with E-state index in [0.29, 0.717) is 12.8 Å². The Morgan fingerprint density at radius 1 is 0.411 bits per heavy atom. The van der Waals surface area contributed by atoms with Crippen molar-refractivity contribution in [1.29, 1.82) is 0 Å². The van der Waals surface area contributed by atoms with Crippen molar-refractivity contribution in [3.05, 3.63) is 182 Å². The molecule has 0 aromatic heterocycles. The molecule has 73 heavy (non-hydrogen) atoms. The van der Waals surface area contributed by atoms with Crippen molar-refractivity contribution in [2.24, 2.45) is 5.73 Å². The normalized spacial score (nSPS) is 14.5. The van der Waals surface area contributed by atoms with Gasteiger partial charge in [0.15, 0.2) is 6.10 Å². The molecule has 9 nitrogen and oxygen atoms in total. The fourth-order valence-electron chi connectivity index (χ4n) is 6.33. The third kappa shape index (κ3) is 56.3. The van der Waals surface area contributed by atoms with Crippen LogP contribution < -0.4 is 5.73 Å². The van der Waals surface area contributed by atoms with Crippen LogP contribution in [0.15, 0.2) is 182 Å². The van der Waals surface area contributed by atoms with E-state index in [9.17, 15) is 19.0 Å². The summed E-state index contributed by atoms with van der Waals surface area (Å²) in [6.07, 6.45) is 85.1. The molecular formula is C63H96NO8P. The Balaban J connectivity index is 4.24. The molecule has 0 aliphatic rings.